The molecule has 2 rings (SSSR count). The van der Waals surface area contributed by atoms with Crippen molar-refractivity contribution in [3.63, 3.8) is 0 Å². The van der Waals surface area contributed by atoms with Gasteiger partial charge in [-0.25, -0.2) is 13.2 Å². The van der Waals surface area contributed by atoms with E-state index in [0.29, 0.717) is 5.56 Å². The van der Waals surface area contributed by atoms with Gasteiger partial charge in [0.15, 0.2) is 17.5 Å². The lowest BCUT2D eigenvalue weighted by molar-refractivity contribution is 0.265. The Bertz CT molecular complexity index is 617. The first-order chi connectivity index (χ1) is 9.91. The molecule has 0 unspecified atom stereocenters. The summed E-state index contributed by atoms with van der Waals surface area (Å²) < 4.78 is 50.3. The van der Waals surface area contributed by atoms with Gasteiger partial charge in [0.05, 0.1) is 0 Å². The molecule has 0 saturated heterocycles. The van der Waals surface area contributed by atoms with E-state index in [2.05, 4.69) is 0 Å². The maximum atomic E-state index is 13.3. The van der Waals surface area contributed by atoms with Crippen molar-refractivity contribution in [3.05, 3.63) is 53.8 Å². The molecule has 2 aromatic carbocycles. The number of rotatable bonds is 4. The highest BCUT2D eigenvalue weighted by atomic mass is 28.4. The Morgan fingerprint density at radius 2 is 1.29 bits per heavy atom. The minimum atomic E-state index is -2.44. The van der Waals surface area contributed by atoms with Crippen LogP contribution in [-0.2, 0) is 8.85 Å². The molecule has 0 aliphatic rings. The summed E-state index contributed by atoms with van der Waals surface area (Å²) in [6.07, 6.45) is 0. The van der Waals surface area contributed by atoms with Crippen LogP contribution in [0.1, 0.15) is 0 Å². The third-order valence-corrected chi connectivity index (χ3v) is 6.45. The molecule has 0 spiro atoms. The Hall–Kier alpha value is -1.63. The molecule has 0 heterocycles. The van der Waals surface area contributed by atoms with Crippen LogP contribution in [-0.4, -0.2) is 22.8 Å². The second-order valence-electron chi connectivity index (χ2n) is 4.69. The number of hydrogen-bond acceptors (Lipinski definition) is 2. The summed E-state index contributed by atoms with van der Waals surface area (Å²) in [6.45, 7) is 1.89. The van der Waals surface area contributed by atoms with Crippen molar-refractivity contribution in [2.24, 2.45) is 0 Å². The normalized spacial score (nSPS) is 11.7. The van der Waals surface area contributed by atoms with E-state index in [1.165, 1.54) is 0 Å². The van der Waals surface area contributed by atoms with E-state index in [1.54, 1.807) is 38.5 Å². The second-order valence-corrected chi connectivity index (χ2v) is 7.97. The quantitative estimate of drug-likeness (QED) is 0.637. The van der Waals surface area contributed by atoms with Crippen molar-refractivity contribution in [1.29, 1.82) is 0 Å². The summed E-state index contributed by atoms with van der Waals surface area (Å²) in [5.41, 5.74) is 0.858. The van der Waals surface area contributed by atoms with Gasteiger partial charge < -0.3 is 8.85 Å². The first-order valence-electron chi connectivity index (χ1n) is 6.27. The van der Waals surface area contributed by atoms with Gasteiger partial charge in [-0.2, -0.15) is 0 Å². The van der Waals surface area contributed by atoms with E-state index in [1.807, 2.05) is 6.55 Å². The van der Waals surface area contributed by atoms with Crippen LogP contribution >= 0.6 is 0 Å². The molecule has 6 heteroatoms. The summed E-state index contributed by atoms with van der Waals surface area (Å²) in [5, 5.41) is 0.888. The molecule has 0 amide bonds. The van der Waals surface area contributed by atoms with Crippen molar-refractivity contribution >= 4 is 13.7 Å². The van der Waals surface area contributed by atoms with Crippen LogP contribution in [0, 0.1) is 17.5 Å². The number of benzene rings is 2. The fourth-order valence-corrected chi connectivity index (χ4v) is 3.42. The average molecular weight is 312 g/mol. The Morgan fingerprint density at radius 1 is 0.810 bits per heavy atom. The molecule has 21 heavy (non-hydrogen) atoms. The SMILES string of the molecule is CO[Si](C)(OC)c1ccc(-c2cc(F)c(F)c(F)c2)cc1. The van der Waals surface area contributed by atoms with E-state index < -0.39 is 26.0 Å². The van der Waals surface area contributed by atoms with Gasteiger partial charge in [-0.3, -0.25) is 0 Å². The molecule has 0 atom stereocenters. The van der Waals surface area contributed by atoms with E-state index in [-0.39, 0.29) is 5.56 Å². The fraction of sp³-hybridized carbons (Fsp3) is 0.200. The second kappa shape index (κ2) is 6.01. The highest BCUT2D eigenvalue weighted by molar-refractivity contribution is 6.79. The third kappa shape index (κ3) is 3.02. The zero-order chi connectivity index (χ0) is 15.6. The van der Waals surface area contributed by atoms with Gasteiger partial charge >= 0.3 is 8.56 Å². The third-order valence-electron chi connectivity index (χ3n) is 3.51. The lowest BCUT2D eigenvalue weighted by Crippen LogP contribution is -2.49. The molecular formula is C15H15F3O2Si. The molecule has 0 N–H and O–H groups in total. The van der Waals surface area contributed by atoms with E-state index in [9.17, 15) is 13.2 Å². The molecule has 0 saturated carbocycles. The number of hydrogen-bond donors (Lipinski definition) is 0. The molecule has 0 aliphatic heterocycles. The monoisotopic (exact) mass is 312 g/mol. The summed E-state index contributed by atoms with van der Waals surface area (Å²) >= 11 is 0. The van der Waals surface area contributed by atoms with Crippen molar-refractivity contribution in [2.45, 2.75) is 6.55 Å². The average Bonchev–Trinajstić information content (AvgIpc) is 2.51. The largest absolute Gasteiger partial charge is 0.394 e. The standard InChI is InChI=1S/C15H15F3O2Si/c1-19-21(3,20-2)12-6-4-10(5-7-12)11-8-13(16)15(18)14(17)9-11/h4-9H,1-3H3. The van der Waals surface area contributed by atoms with Gasteiger partial charge in [0, 0.05) is 14.2 Å². The van der Waals surface area contributed by atoms with E-state index in [4.69, 9.17) is 8.85 Å². The molecule has 0 bridgehead atoms. The van der Waals surface area contributed by atoms with E-state index >= 15 is 0 Å². The van der Waals surface area contributed by atoms with Crippen LogP contribution in [0.2, 0.25) is 6.55 Å². The minimum Gasteiger partial charge on any atom is -0.394 e. The zero-order valence-corrected chi connectivity index (χ0v) is 12.9. The minimum absolute atomic E-state index is 0.274. The predicted molar refractivity (Wildman–Crippen MR) is 77.0 cm³/mol. The highest BCUT2D eigenvalue weighted by Crippen LogP contribution is 2.23. The van der Waals surface area contributed by atoms with Crippen molar-refractivity contribution in [1.82, 2.24) is 0 Å². The maximum Gasteiger partial charge on any atom is 0.368 e. The van der Waals surface area contributed by atoms with Crippen LogP contribution in [0.5, 0.6) is 0 Å². The van der Waals surface area contributed by atoms with Gasteiger partial charge in [0.2, 0.25) is 0 Å². The zero-order valence-electron chi connectivity index (χ0n) is 11.9. The Labute approximate surface area is 122 Å². The lowest BCUT2D eigenvalue weighted by atomic mass is 10.1. The Balaban J connectivity index is 2.40. The molecule has 112 valence electrons. The topological polar surface area (TPSA) is 18.5 Å². The van der Waals surface area contributed by atoms with Gasteiger partial charge in [0.1, 0.15) is 0 Å². The first-order valence-corrected chi connectivity index (χ1v) is 8.58. The molecule has 0 radical (unpaired) electrons. The summed E-state index contributed by atoms with van der Waals surface area (Å²) in [4.78, 5) is 0. The van der Waals surface area contributed by atoms with Crippen LogP contribution in [0.15, 0.2) is 36.4 Å². The summed E-state index contributed by atoms with van der Waals surface area (Å²) in [6, 6.07) is 8.91. The van der Waals surface area contributed by atoms with Gasteiger partial charge in [-0.1, -0.05) is 24.3 Å². The van der Waals surface area contributed by atoms with Gasteiger partial charge in [-0.15, -0.1) is 0 Å². The van der Waals surface area contributed by atoms with Crippen molar-refractivity contribution in [2.75, 3.05) is 14.2 Å². The van der Waals surface area contributed by atoms with Crippen LogP contribution in [0.3, 0.4) is 0 Å². The lowest BCUT2D eigenvalue weighted by Gasteiger charge is -2.23. The van der Waals surface area contributed by atoms with Gasteiger partial charge in [-0.05, 0) is 35.0 Å². The van der Waals surface area contributed by atoms with Crippen LogP contribution < -0.4 is 5.19 Å². The number of halogens is 3. The Morgan fingerprint density at radius 3 is 1.71 bits per heavy atom. The molecule has 0 aromatic heterocycles. The molecule has 0 fully saturated rings. The molecule has 2 aromatic rings. The summed E-state index contributed by atoms with van der Waals surface area (Å²) in [5.74, 6) is -3.88. The predicted octanol–water partition coefficient (Wildman–Crippen LogP) is 3.34. The van der Waals surface area contributed by atoms with E-state index in [0.717, 1.165) is 17.3 Å². The smallest absolute Gasteiger partial charge is 0.368 e. The van der Waals surface area contributed by atoms with Crippen LogP contribution in [0.4, 0.5) is 13.2 Å². The van der Waals surface area contributed by atoms with Crippen molar-refractivity contribution in [3.8, 4) is 11.1 Å². The Kier molecular flexibility index (Phi) is 4.51. The first kappa shape index (κ1) is 15.8. The van der Waals surface area contributed by atoms with Crippen LogP contribution in [0.25, 0.3) is 11.1 Å². The summed E-state index contributed by atoms with van der Waals surface area (Å²) in [7, 11) is 0.719. The maximum absolute atomic E-state index is 13.3. The molecule has 2 nitrogen and oxygen atoms in total. The van der Waals surface area contributed by atoms with Crippen molar-refractivity contribution < 1.29 is 22.0 Å². The highest BCUT2D eigenvalue weighted by Gasteiger charge is 2.31. The fourth-order valence-electron chi connectivity index (χ4n) is 2.01. The van der Waals surface area contributed by atoms with Gasteiger partial charge in [0.25, 0.3) is 0 Å². The molecule has 0 aliphatic carbocycles. The molecular weight excluding hydrogens is 297 g/mol.